The van der Waals surface area contributed by atoms with Crippen molar-refractivity contribution >= 4 is 27.3 Å². The van der Waals surface area contributed by atoms with Gasteiger partial charge in [0.2, 0.25) is 10.0 Å². The van der Waals surface area contributed by atoms with Crippen molar-refractivity contribution in [2.75, 3.05) is 6.61 Å². The molecular formula is C12H17NO5S2. The van der Waals surface area contributed by atoms with Crippen molar-refractivity contribution < 1.29 is 23.1 Å². The molecule has 0 radical (unpaired) electrons. The standard InChI is InChI=1S/C12H17NO5S2/c1-7-6-10(19-11(7)12(14)15)20(16,17)13-8(2)9-4-3-5-18-9/h6,8-9,13H,3-5H2,1-2H3,(H,14,15). The number of hydrogen-bond donors (Lipinski definition) is 2. The van der Waals surface area contributed by atoms with Gasteiger partial charge in [-0.15, -0.1) is 11.3 Å². The number of thiophene rings is 1. The van der Waals surface area contributed by atoms with E-state index in [1.54, 1.807) is 13.8 Å². The molecule has 1 aliphatic rings. The Hall–Kier alpha value is -0.960. The Kier molecular flexibility index (Phi) is 4.48. The highest BCUT2D eigenvalue weighted by Gasteiger charge is 2.28. The highest BCUT2D eigenvalue weighted by molar-refractivity contribution is 7.91. The Bertz CT molecular complexity index is 601. The van der Waals surface area contributed by atoms with Crippen molar-refractivity contribution in [1.29, 1.82) is 0 Å². The first-order valence-corrected chi connectivity index (χ1v) is 8.59. The average Bonchev–Trinajstić information content (AvgIpc) is 2.96. The van der Waals surface area contributed by atoms with Crippen LogP contribution in [-0.2, 0) is 14.8 Å². The molecule has 20 heavy (non-hydrogen) atoms. The summed E-state index contributed by atoms with van der Waals surface area (Å²) in [6, 6.07) is 1.05. The topological polar surface area (TPSA) is 92.7 Å². The summed E-state index contributed by atoms with van der Waals surface area (Å²) in [5.74, 6) is -1.11. The summed E-state index contributed by atoms with van der Waals surface area (Å²) in [6.07, 6.45) is 1.63. The predicted molar refractivity (Wildman–Crippen MR) is 74.8 cm³/mol. The summed E-state index contributed by atoms with van der Waals surface area (Å²) in [5, 5.41) is 8.97. The summed E-state index contributed by atoms with van der Waals surface area (Å²) in [7, 11) is -3.71. The van der Waals surface area contributed by atoms with Gasteiger partial charge in [-0.05, 0) is 38.3 Å². The Morgan fingerprint density at radius 2 is 2.30 bits per heavy atom. The molecule has 1 saturated heterocycles. The monoisotopic (exact) mass is 319 g/mol. The van der Waals surface area contributed by atoms with Crippen LogP contribution in [0.3, 0.4) is 0 Å². The minimum Gasteiger partial charge on any atom is -0.477 e. The first-order chi connectivity index (χ1) is 9.31. The van der Waals surface area contributed by atoms with Gasteiger partial charge in [0.05, 0.1) is 6.10 Å². The summed E-state index contributed by atoms with van der Waals surface area (Å²) < 4.78 is 32.5. The van der Waals surface area contributed by atoms with E-state index in [1.807, 2.05) is 0 Å². The molecule has 2 atom stereocenters. The Morgan fingerprint density at radius 1 is 1.60 bits per heavy atom. The third-order valence-electron chi connectivity index (χ3n) is 3.22. The smallest absolute Gasteiger partial charge is 0.346 e. The maximum absolute atomic E-state index is 12.2. The molecule has 0 spiro atoms. The number of nitrogens with one attached hydrogen (secondary N) is 1. The zero-order valence-corrected chi connectivity index (χ0v) is 12.9. The lowest BCUT2D eigenvalue weighted by Gasteiger charge is -2.19. The fourth-order valence-corrected chi connectivity index (χ4v) is 4.84. The average molecular weight is 319 g/mol. The molecule has 0 bridgehead atoms. The quantitative estimate of drug-likeness (QED) is 0.860. The van der Waals surface area contributed by atoms with Crippen LogP contribution in [0.4, 0.5) is 0 Å². The Balaban J connectivity index is 2.17. The molecule has 112 valence electrons. The van der Waals surface area contributed by atoms with E-state index in [9.17, 15) is 13.2 Å². The van der Waals surface area contributed by atoms with Crippen LogP contribution < -0.4 is 4.72 Å². The highest BCUT2D eigenvalue weighted by atomic mass is 32.2. The van der Waals surface area contributed by atoms with Crippen LogP contribution >= 0.6 is 11.3 Å². The van der Waals surface area contributed by atoms with Crippen molar-refractivity contribution in [1.82, 2.24) is 4.72 Å². The lowest BCUT2D eigenvalue weighted by molar-refractivity contribution is 0.0701. The van der Waals surface area contributed by atoms with Gasteiger partial charge in [-0.2, -0.15) is 0 Å². The van der Waals surface area contributed by atoms with Crippen LogP contribution in [0.2, 0.25) is 0 Å². The fourth-order valence-electron chi connectivity index (χ4n) is 2.17. The Morgan fingerprint density at radius 3 is 2.80 bits per heavy atom. The van der Waals surface area contributed by atoms with E-state index in [2.05, 4.69) is 4.72 Å². The summed E-state index contributed by atoms with van der Waals surface area (Å²) in [5.41, 5.74) is 0.452. The number of carboxylic acid groups (broad SMARTS) is 1. The van der Waals surface area contributed by atoms with E-state index < -0.39 is 16.0 Å². The molecule has 0 amide bonds. The first-order valence-electron chi connectivity index (χ1n) is 6.29. The maximum atomic E-state index is 12.2. The first kappa shape index (κ1) is 15.4. The number of aryl methyl sites for hydroxylation is 1. The van der Waals surface area contributed by atoms with Crippen LogP contribution in [-0.4, -0.2) is 38.2 Å². The van der Waals surface area contributed by atoms with Crippen LogP contribution in [0.1, 0.15) is 35.0 Å². The molecule has 1 aromatic rings. The lowest BCUT2D eigenvalue weighted by Crippen LogP contribution is -2.40. The van der Waals surface area contributed by atoms with Gasteiger partial charge in [0.25, 0.3) is 0 Å². The minimum atomic E-state index is -3.71. The molecular weight excluding hydrogens is 302 g/mol. The van der Waals surface area contributed by atoms with Crippen molar-refractivity contribution in [3.8, 4) is 0 Å². The van der Waals surface area contributed by atoms with E-state index in [0.29, 0.717) is 12.2 Å². The maximum Gasteiger partial charge on any atom is 0.346 e. The third-order valence-corrected chi connectivity index (χ3v) is 6.48. The zero-order valence-electron chi connectivity index (χ0n) is 11.3. The van der Waals surface area contributed by atoms with Crippen molar-refractivity contribution in [2.24, 2.45) is 0 Å². The summed E-state index contributed by atoms with van der Waals surface area (Å²) >= 11 is 0.768. The molecule has 0 aromatic carbocycles. The number of carboxylic acids is 1. The second kappa shape index (κ2) is 5.80. The van der Waals surface area contributed by atoms with Gasteiger partial charge in [0.1, 0.15) is 9.09 Å². The van der Waals surface area contributed by atoms with Gasteiger partial charge in [-0.25, -0.2) is 17.9 Å². The van der Waals surface area contributed by atoms with E-state index in [1.165, 1.54) is 6.07 Å². The van der Waals surface area contributed by atoms with Crippen molar-refractivity contribution in [3.63, 3.8) is 0 Å². The zero-order chi connectivity index (χ0) is 14.9. The van der Waals surface area contributed by atoms with E-state index in [4.69, 9.17) is 9.84 Å². The van der Waals surface area contributed by atoms with Gasteiger partial charge in [0.15, 0.2) is 0 Å². The molecule has 8 heteroatoms. The number of hydrogen-bond acceptors (Lipinski definition) is 5. The number of sulfonamides is 1. The van der Waals surface area contributed by atoms with Gasteiger partial charge in [0, 0.05) is 12.6 Å². The SMILES string of the molecule is Cc1cc(S(=O)(=O)NC(C)C2CCCO2)sc1C(=O)O. The van der Waals surface area contributed by atoms with E-state index in [0.717, 1.165) is 24.2 Å². The normalized spacial score (nSPS) is 21.0. The molecule has 1 aliphatic heterocycles. The molecule has 6 nitrogen and oxygen atoms in total. The molecule has 2 unspecified atom stereocenters. The number of aromatic carboxylic acids is 1. The van der Waals surface area contributed by atoms with Crippen LogP contribution in [0.15, 0.2) is 10.3 Å². The van der Waals surface area contributed by atoms with Crippen molar-refractivity contribution in [2.45, 2.75) is 43.0 Å². The van der Waals surface area contributed by atoms with Gasteiger partial charge in [-0.1, -0.05) is 0 Å². The molecule has 0 aliphatic carbocycles. The summed E-state index contributed by atoms with van der Waals surface area (Å²) in [4.78, 5) is 11.0. The predicted octanol–water partition coefficient (Wildman–Crippen LogP) is 1.60. The second-order valence-electron chi connectivity index (χ2n) is 4.84. The van der Waals surface area contributed by atoms with Crippen LogP contribution in [0.25, 0.3) is 0 Å². The molecule has 2 N–H and O–H groups in total. The number of ether oxygens (including phenoxy) is 1. The van der Waals surface area contributed by atoms with Crippen LogP contribution in [0.5, 0.6) is 0 Å². The molecule has 1 aromatic heterocycles. The van der Waals surface area contributed by atoms with Gasteiger partial charge in [-0.3, -0.25) is 0 Å². The van der Waals surface area contributed by atoms with Gasteiger partial charge < -0.3 is 9.84 Å². The van der Waals surface area contributed by atoms with Gasteiger partial charge >= 0.3 is 5.97 Å². The Labute approximate surface area is 121 Å². The molecule has 2 rings (SSSR count). The molecule has 2 heterocycles. The van der Waals surface area contributed by atoms with E-state index in [-0.39, 0.29) is 21.2 Å². The molecule has 0 saturated carbocycles. The largest absolute Gasteiger partial charge is 0.477 e. The number of rotatable bonds is 5. The van der Waals surface area contributed by atoms with E-state index >= 15 is 0 Å². The second-order valence-corrected chi connectivity index (χ2v) is 7.84. The highest BCUT2D eigenvalue weighted by Crippen LogP contribution is 2.26. The molecule has 1 fully saturated rings. The van der Waals surface area contributed by atoms with Crippen molar-refractivity contribution in [3.05, 3.63) is 16.5 Å². The van der Waals surface area contributed by atoms with Crippen LogP contribution in [0, 0.1) is 6.92 Å². The number of carbonyl (C=O) groups is 1. The summed E-state index contributed by atoms with van der Waals surface area (Å²) in [6.45, 7) is 3.99. The third kappa shape index (κ3) is 3.20. The lowest BCUT2D eigenvalue weighted by atomic mass is 10.1. The fraction of sp³-hybridized carbons (Fsp3) is 0.583. The minimum absolute atomic E-state index is 0.0252.